The quantitative estimate of drug-likeness (QED) is 0.890. The van der Waals surface area contributed by atoms with Gasteiger partial charge in [-0.2, -0.15) is 11.8 Å². The molecule has 0 spiro atoms. The van der Waals surface area contributed by atoms with Gasteiger partial charge < -0.3 is 11.1 Å². The van der Waals surface area contributed by atoms with E-state index < -0.39 is 0 Å². The van der Waals surface area contributed by atoms with E-state index in [0.29, 0.717) is 28.4 Å². The lowest BCUT2D eigenvalue weighted by atomic mass is 10.2. The highest BCUT2D eigenvalue weighted by atomic mass is 32.2. The standard InChI is InChI=1S/C14H17FN2OS2/c1-8(7-19-2)6-17-14(18)13-12(16)10-5-9(15)3-4-11(10)20-13/h3-5,8H,6-7,16H2,1-2H3,(H,17,18). The Bertz CT molecular complexity index is 627. The van der Waals surface area contributed by atoms with Crippen LogP contribution >= 0.6 is 23.1 Å². The second-order valence-corrected chi connectivity index (χ2v) is 6.72. The van der Waals surface area contributed by atoms with Crippen LogP contribution in [0, 0.1) is 11.7 Å². The van der Waals surface area contributed by atoms with E-state index in [1.807, 2.05) is 6.26 Å². The van der Waals surface area contributed by atoms with E-state index in [1.54, 1.807) is 17.8 Å². The molecule has 0 saturated carbocycles. The van der Waals surface area contributed by atoms with Crippen molar-refractivity contribution in [3.05, 3.63) is 28.9 Å². The van der Waals surface area contributed by atoms with E-state index in [4.69, 9.17) is 5.73 Å². The minimum Gasteiger partial charge on any atom is -0.397 e. The molecule has 6 heteroatoms. The Morgan fingerprint density at radius 2 is 2.30 bits per heavy atom. The zero-order chi connectivity index (χ0) is 14.7. The highest BCUT2D eigenvalue weighted by molar-refractivity contribution is 7.98. The number of carbonyl (C=O) groups excluding carboxylic acids is 1. The van der Waals surface area contributed by atoms with E-state index in [-0.39, 0.29) is 11.7 Å². The molecule has 2 aromatic rings. The molecule has 0 aliphatic carbocycles. The third-order valence-electron chi connectivity index (χ3n) is 2.96. The first kappa shape index (κ1) is 15.1. The summed E-state index contributed by atoms with van der Waals surface area (Å²) in [5.41, 5.74) is 6.31. The number of thioether (sulfide) groups is 1. The van der Waals surface area contributed by atoms with Gasteiger partial charge in [-0.05, 0) is 36.1 Å². The van der Waals surface area contributed by atoms with Gasteiger partial charge in [-0.1, -0.05) is 6.92 Å². The Balaban J connectivity index is 2.16. The molecule has 3 nitrogen and oxygen atoms in total. The highest BCUT2D eigenvalue weighted by Gasteiger charge is 2.17. The number of nitrogens with one attached hydrogen (secondary N) is 1. The molecule has 1 aromatic heterocycles. The third kappa shape index (κ3) is 3.24. The van der Waals surface area contributed by atoms with E-state index in [1.165, 1.54) is 23.5 Å². The van der Waals surface area contributed by atoms with Crippen molar-refractivity contribution in [3.8, 4) is 0 Å². The van der Waals surface area contributed by atoms with Gasteiger partial charge in [-0.25, -0.2) is 4.39 Å². The summed E-state index contributed by atoms with van der Waals surface area (Å²) in [6, 6.07) is 4.40. The minimum atomic E-state index is -0.345. The molecule has 108 valence electrons. The predicted octanol–water partition coefficient (Wildman–Crippen LogP) is 3.35. The van der Waals surface area contributed by atoms with E-state index >= 15 is 0 Å². The topological polar surface area (TPSA) is 55.1 Å². The van der Waals surface area contributed by atoms with Crippen LogP contribution in [0.15, 0.2) is 18.2 Å². The zero-order valence-electron chi connectivity index (χ0n) is 11.4. The van der Waals surface area contributed by atoms with Crippen molar-refractivity contribution < 1.29 is 9.18 Å². The molecule has 0 radical (unpaired) electrons. The molecule has 0 bridgehead atoms. The summed E-state index contributed by atoms with van der Waals surface area (Å²) in [7, 11) is 0. The molecule has 0 fully saturated rings. The molecule has 20 heavy (non-hydrogen) atoms. The van der Waals surface area contributed by atoms with Gasteiger partial charge in [-0.3, -0.25) is 4.79 Å². The molecule has 1 atom stereocenters. The second-order valence-electron chi connectivity index (χ2n) is 4.76. The van der Waals surface area contributed by atoms with Gasteiger partial charge in [0.15, 0.2) is 0 Å². The van der Waals surface area contributed by atoms with Crippen LogP contribution in [0.3, 0.4) is 0 Å². The Morgan fingerprint density at radius 3 is 3.00 bits per heavy atom. The number of nitrogens with two attached hydrogens (primary N) is 1. The minimum absolute atomic E-state index is 0.183. The fraction of sp³-hybridized carbons (Fsp3) is 0.357. The first-order valence-electron chi connectivity index (χ1n) is 6.27. The van der Waals surface area contributed by atoms with Gasteiger partial charge in [0, 0.05) is 16.6 Å². The smallest absolute Gasteiger partial charge is 0.263 e. The monoisotopic (exact) mass is 312 g/mol. The van der Waals surface area contributed by atoms with Crippen molar-refractivity contribution in [2.75, 3.05) is 24.3 Å². The summed E-state index contributed by atoms with van der Waals surface area (Å²) in [5.74, 6) is 0.870. The molecule has 0 saturated heterocycles. The molecule has 1 aromatic carbocycles. The maximum atomic E-state index is 13.2. The van der Waals surface area contributed by atoms with Crippen molar-refractivity contribution >= 4 is 44.8 Å². The number of rotatable bonds is 5. The van der Waals surface area contributed by atoms with Gasteiger partial charge in [0.1, 0.15) is 10.7 Å². The van der Waals surface area contributed by atoms with Gasteiger partial charge in [0.25, 0.3) is 5.91 Å². The van der Waals surface area contributed by atoms with Crippen LogP contribution in [-0.4, -0.2) is 24.5 Å². The maximum absolute atomic E-state index is 13.2. The first-order chi connectivity index (χ1) is 9.52. The Hall–Kier alpha value is -1.27. The number of hydrogen-bond donors (Lipinski definition) is 2. The molecule has 0 aliphatic heterocycles. The second kappa shape index (κ2) is 6.45. The summed E-state index contributed by atoms with van der Waals surface area (Å²) >= 11 is 3.05. The average Bonchev–Trinajstić information content (AvgIpc) is 2.74. The number of thiophene rings is 1. The fourth-order valence-corrected chi connectivity index (χ4v) is 3.65. The Labute approximate surface area is 125 Å². The van der Waals surface area contributed by atoms with Gasteiger partial charge >= 0.3 is 0 Å². The summed E-state index contributed by atoms with van der Waals surface area (Å²) in [6.07, 6.45) is 2.04. The summed E-state index contributed by atoms with van der Waals surface area (Å²) in [5, 5.41) is 3.49. The lowest BCUT2D eigenvalue weighted by Gasteiger charge is -2.10. The molecular weight excluding hydrogens is 295 g/mol. The number of halogens is 1. The Morgan fingerprint density at radius 1 is 1.55 bits per heavy atom. The molecule has 0 aliphatic rings. The van der Waals surface area contributed by atoms with Crippen LogP contribution in [0.2, 0.25) is 0 Å². The van der Waals surface area contributed by atoms with Crippen molar-refractivity contribution in [2.24, 2.45) is 5.92 Å². The lowest BCUT2D eigenvalue weighted by molar-refractivity contribution is 0.0954. The summed E-state index contributed by atoms with van der Waals surface area (Å²) < 4.78 is 14.0. The molecule has 3 N–H and O–H groups in total. The van der Waals surface area contributed by atoms with Crippen LogP contribution in [0.25, 0.3) is 10.1 Å². The van der Waals surface area contributed by atoms with E-state index in [2.05, 4.69) is 12.2 Å². The number of nitrogen functional groups attached to an aromatic ring is 1. The summed E-state index contributed by atoms with van der Waals surface area (Å²) in [6.45, 7) is 2.70. The summed E-state index contributed by atoms with van der Waals surface area (Å²) in [4.78, 5) is 12.6. The zero-order valence-corrected chi connectivity index (χ0v) is 13.0. The van der Waals surface area contributed by atoms with Crippen LogP contribution in [0.4, 0.5) is 10.1 Å². The number of hydrogen-bond acceptors (Lipinski definition) is 4. The SMILES string of the molecule is CSCC(C)CNC(=O)c1sc2ccc(F)cc2c1N. The van der Waals surface area contributed by atoms with Gasteiger partial charge in [0.2, 0.25) is 0 Å². The maximum Gasteiger partial charge on any atom is 0.263 e. The molecular formula is C14H17FN2OS2. The number of amides is 1. The highest BCUT2D eigenvalue weighted by Crippen LogP contribution is 2.33. The lowest BCUT2D eigenvalue weighted by Crippen LogP contribution is -2.28. The van der Waals surface area contributed by atoms with Crippen LogP contribution in [0.5, 0.6) is 0 Å². The average molecular weight is 312 g/mol. The predicted molar refractivity (Wildman–Crippen MR) is 86.1 cm³/mol. The van der Waals surface area contributed by atoms with Gasteiger partial charge in [0.05, 0.1) is 5.69 Å². The van der Waals surface area contributed by atoms with Crippen LogP contribution < -0.4 is 11.1 Å². The third-order valence-corrected chi connectivity index (χ3v) is 5.04. The number of benzene rings is 1. The molecule has 2 rings (SSSR count). The van der Waals surface area contributed by atoms with Crippen molar-refractivity contribution in [3.63, 3.8) is 0 Å². The van der Waals surface area contributed by atoms with Crippen molar-refractivity contribution in [2.45, 2.75) is 6.92 Å². The largest absolute Gasteiger partial charge is 0.397 e. The first-order valence-corrected chi connectivity index (χ1v) is 8.48. The fourth-order valence-electron chi connectivity index (χ4n) is 1.95. The molecule has 1 amide bonds. The normalized spacial score (nSPS) is 12.6. The van der Waals surface area contributed by atoms with Crippen LogP contribution in [-0.2, 0) is 0 Å². The molecule has 1 heterocycles. The van der Waals surface area contributed by atoms with Crippen molar-refractivity contribution in [1.82, 2.24) is 5.32 Å². The number of anilines is 1. The Kier molecular flexibility index (Phi) is 4.88. The van der Waals surface area contributed by atoms with E-state index in [0.717, 1.165) is 10.5 Å². The van der Waals surface area contributed by atoms with Gasteiger partial charge in [-0.15, -0.1) is 11.3 Å². The van der Waals surface area contributed by atoms with Crippen molar-refractivity contribution in [1.29, 1.82) is 0 Å². The number of fused-ring (bicyclic) bond motifs is 1. The van der Waals surface area contributed by atoms with E-state index in [9.17, 15) is 9.18 Å². The van der Waals surface area contributed by atoms with Crippen LogP contribution in [0.1, 0.15) is 16.6 Å². The molecule has 1 unspecified atom stereocenters. The number of carbonyl (C=O) groups is 1.